The summed E-state index contributed by atoms with van der Waals surface area (Å²) in [6.45, 7) is 5.66. The first-order chi connectivity index (χ1) is 10.1. The van der Waals surface area contributed by atoms with Gasteiger partial charge in [-0.05, 0) is 44.5 Å². The molecule has 0 amide bonds. The lowest BCUT2D eigenvalue weighted by Crippen LogP contribution is -2.17. The van der Waals surface area contributed by atoms with Gasteiger partial charge in [0.15, 0.2) is 0 Å². The van der Waals surface area contributed by atoms with Gasteiger partial charge < -0.3 is 10.6 Å². The van der Waals surface area contributed by atoms with Crippen molar-refractivity contribution in [2.45, 2.75) is 32.9 Å². The van der Waals surface area contributed by atoms with Crippen molar-refractivity contribution in [2.75, 3.05) is 11.9 Å². The number of benzene rings is 1. The normalized spacial score (nSPS) is 10.9. The Labute approximate surface area is 124 Å². The van der Waals surface area contributed by atoms with Crippen LogP contribution in [0.2, 0.25) is 0 Å². The molecule has 1 aromatic heterocycles. The predicted octanol–water partition coefficient (Wildman–Crippen LogP) is 2.77. The summed E-state index contributed by atoms with van der Waals surface area (Å²) in [5.41, 5.74) is 2.17. The summed E-state index contributed by atoms with van der Waals surface area (Å²) in [5, 5.41) is 6.48. The minimum atomic E-state index is -0.195. The van der Waals surface area contributed by atoms with Gasteiger partial charge in [0.1, 0.15) is 5.82 Å². The molecule has 1 heterocycles. The van der Waals surface area contributed by atoms with Gasteiger partial charge in [-0.1, -0.05) is 12.1 Å². The second kappa shape index (κ2) is 7.69. The molecule has 0 fully saturated rings. The van der Waals surface area contributed by atoms with Crippen molar-refractivity contribution in [3.8, 4) is 0 Å². The fraction of sp³-hybridized carbons (Fsp3) is 0.375. The Morgan fingerprint density at radius 2 is 1.71 bits per heavy atom. The van der Waals surface area contributed by atoms with E-state index in [4.69, 9.17) is 0 Å². The minimum Gasteiger partial charge on any atom is -0.352 e. The number of anilines is 1. The third kappa shape index (κ3) is 5.47. The van der Waals surface area contributed by atoms with Crippen LogP contribution < -0.4 is 10.6 Å². The number of hydrogen-bond donors (Lipinski definition) is 2. The van der Waals surface area contributed by atoms with Crippen LogP contribution in [0.5, 0.6) is 0 Å². The predicted molar refractivity (Wildman–Crippen MR) is 82.6 cm³/mol. The summed E-state index contributed by atoms with van der Waals surface area (Å²) in [7, 11) is 0. The fourth-order valence-corrected chi connectivity index (χ4v) is 1.90. The zero-order valence-electron chi connectivity index (χ0n) is 12.4. The Morgan fingerprint density at radius 1 is 1.05 bits per heavy atom. The van der Waals surface area contributed by atoms with E-state index in [2.05, 4.69) is 20.6 Å². The van der Waals surface area contributed by atoms with E-state index < -0.39 is 0 Å². The molecule has 0 spiro atoms. The van der Waals surface area contributed by atoms with Crippen LogP contribution in [0.4, 0.5) is 10.3 Å². The van der Waals surface area contributed by atoms with Crippen molar-refractivity contribution in [1.82, 2.24) is 15.3 Å². The second-order valence-corrected chi connectivity index (χ2v) is 5.27. The maximum Gasteiger partial charge on any atom is 0.222 e. The van der Waals surface area contributed by atoms with E-state index in [0.29, 0.717) is 12.0 Å². The highest BCUT2D eigenvalue weighted by Gasteiger charge is 1.99. The molecule has 0 aliphatic heterocycles. The highest BCUT2D eigenvalue weighted by Crippen LogP contribution is 2.04. The molecule has 2 rings (SSSR count). The molecule has 0 aliphatic rings. The molecule has 21 heavy (non-hydrogen) atoms. The maximum absolute atomic E-state index is 12.8. The van der Waals surface area contributed by atoms with Crippen molar-refractivity contribution in [2.24, 2.45) is 0 Å². The van der Waals surface area contributed by atoms with Crippen LogP contribution in [0, 0.1) is 5.82 Å². The van der Waals surface area contributed by atoms with Gasteiger partial charge in [-0.25, -0.2) is 14.4 Å². The number of halogens is 1. The summed E-state index contributed by atoms with van der Waals surface area (Å²) in [6.07, 6.45) is 4.51. The Bertz CT molecular complexity index is 537. The SMILES string of the molecule is CC(C)Nc1ncc(CNCCc2ccc(F)cc2)cn1. The highest BCUT2D eigenvalue weighted by molar-refractivity contribution is 5.25. The quantitative estimate of drug-likeness (QED) is 0.769. The van der Waals surface area contributed by atoms with Gasteiger partial charge >= 0.3 is 0 Å². The molecule has 2 aromatic rings. The lowest BCUT2D eigenvalue weighted by Gasteiger charge is -2.08. The van der Waals surface area contributed by atoms with Crippen molar-refractivity contribution in [3.63, 3.8) is 0 Å². The smallest absolute Gasteiger partial charge is 0.222 e. The van der Waals surface area contributed by atoms with E-state index in [1.165, 1.54) is 12.1 Å². The molecule has 0 atom stereocenters. The topological polar surface area (TPSA) is 49.8 Å². The fourth-order valence-electron chi connectivity index (χ4n) is 1.90. The minimum absolute atomic E-state index is 0.195. The van der Waals surface area contributed by atoms with Crippen LogP contribution in [0.1, 0.15) is 25.0 Å². The number of rotatable bonds is 7. The zero-order chi connectivity index (χ0) is 15.1. The molecule has 2 N–H and O–H groups in total. The van der Waals surface area contributed by atoms with Gasteiger partial charge in [0.2, 0.25) is 5.95 Å². The van der Waals surface area contributed by atoms with Crippen LogP contribution in [-0.4, -0.2) is 22.6 Å². The molecule has 0 bridgehead atoms. The highest BCUT2D eigenvalue weighted by atomic mass is 19.1. The lowest BCUT2D eigenvalue weighted by atomic mass is 10.1. The Kier molecular flexibility index (Phi) is 5.63. The maximum atomic E-state index is 12.8. The Balaban J connectivity index is 1.72. The van der Waals surface area contributed by atoms with Crippen LogP contribution >= 0.6 is 0 Å². The monoisotopic (exact) mass is 288 g/mol. The van der Waals surface area contributed by atoms with Crippen LogP contribution in [-0.2, 0) is 13.0 Å². The van der Waals surface area contributed by atoms with Crippen LogP contribution in [0.3, 0.4) is 0 Å². The Hall–Kier alpha value is -2.01. The average Bonchev–Trinajstić information content (AvgIpc) is 2.46. The van der Waals surface area contributed by atoms with E-state index in [1.807, 2.05) is 38.4 Å². The summed E-state index contributed by atoms with van der Waals surface area (Å²) in [4.78, 5) is 8.52. The van der Waals surface area contributed by atoms with Gasteiger partial charge in [0, 0.05) is 30.5 Å². The first-order valence-corrected chi connectivity index (χ1v) is 7.16. The van der Waals surface area contributed by atoms with Crippen molar-refractivity contribution in [3.05, 3.63) is 53.6 Å². The third-order valence-corrected chi connectivity index (χ3v) is 2.96. The molecule has 4 nitrogen and oxygen atoms in total. The Morgan fingerprint density at radius 3 is 2.33 bits per heavy atom. The van der Waals surface area contributed by atoms with Gasteiger partial charge in [-0.15, -0.1) is 0 Å². The first-order valence-electron chi connectivity index (χ1n) is 7.16. The molecular formula is C16H21FN4. The van der Waals surface area contributed by atoms with Gasteiger partial charge in [-0.3, -0.25) is 0 Å². The van der Waals surface area contributed by atoms with Crippen molar-refractivity contribution >= 4 is 5.95 Å². The van der Waals surface area contributed by atoms with E-state index in [-0.39, 0.29) is 5.82 Å². The molecule has 0 radical (unpaired) electrons. The number of aromatic nitrogens is 2. The molecular weight excluding hydrogens is 267 g/mol. The molecule has 1 aromatic carbocycles. The molecule has 0 aliphatic carbocycles. The van der Waals surface area contributed by atoms with Crippen LogP contribution in [0.15, 0.2) is 36.7 Å². The molecule has 0 saturated carbocycles. The largest absolute Gasteiger partial charge is 0.352 e. The van der Waals surface area contributed by atoms with E-state index in [0.717, 1.165) is 30.6 Å². The standard InChI is InChI=1S/C16H21FN4/c1-12(2)21-16-19-10-14(11-20-16)9-18-8-7-13-3-5-15(17)6-4-13/h3-6,10-12,18H,7-9H2,1-2H3,(H,19,20,21). The number of nitrogens with zero attached hydrogens (tertiary/aromatic N) is 2. The van der Waals surface area contributed by atoms with Crippen molar-refractivity contribution < 1.29 is 4.39 Å². The first kappa shape index (κ1) is 15.4. The summed E-state index contributed by atoms with van der Waals surface area (Å²) >= 11 is 0. The van der Waals surface area contributed by atoms with E-state index >= 15 is 0 Å². The summed E-state index contributed by atoms with van der Waals surface area (Å²) < 4.78 is 12.8. The lowest BCUT2D eigenvalue weighted by molar-refractivity contribution is 0.626. The van der Waals surface area contributed by atoms with E-state index in [1.54, 1.807) is 0 Å². The van der Waals surface area contributed by atoms with Gasteiger partial charge in [0.05, 0.1) is 0 Å². The molecule has 0 unspecified atom stereocenters. The van der Waals surface area contributed by atoms with Gasteiger partial charge in [-0.2, -0.15) is 0 Å². The average molecular weight is 288 g/mol. The van der Waals surface area contributed by atoms with Crippen molar-refractivity contribution in [1.29, 1.82) is 0 Å². The zero-order valence-corrected chi connectivity index (χ0v) is 12.4. The second-order valence-electron chi connectivity index (χ2n) is 5.27. The molecule has 5 heteroatoms. The number of nitrogens with one attached hydrogen (secondary N) is 2. The third-order valence-electron chi connectivity index (χ3n) is 2.96. The van der Waals surface area contributed by atoms with Gasteiger partial charge in [0.25, 0.3) is 0 Å². The summed E-state index contributed by atoms with van der Waals surface area (Å²) in [6, 6.07) is 6.93. The number of hydrogen-bond acceptors (Lipinski definition) is 4. The van der Waals surface area contributed by atoms with Crippen LogP contribution in [0.25, 0.3) is 0 Å². The van der Waals surface area contributed by atoms with E-state index in [9.17, 15) is 4.39 Å². The molecule has 0 saturated heterocycles. The molecule has 112 valence electrons. The summed E-state index contributed by atoms with van der Waals surface area (Å²) in [5.74, 6) is 0.457.